The molecule has 0 heterocycles. The Morgan fingerprint density at radius 3 is 2.24 bits per heavy atom. The largest absolute Gasteiger partial charge is 0.481 e. The average molecular weight is 295 g/mol. The van der Waals surface area contributed by atoms with Crippen LogP contribution in [0.25, 0.3) is 0 Å². The molecule has 2 saturated carbocycles. The van der Waals surface area contributed by atoms with Gasteiger partial charge in [-0.25, -0.2) is 0 Å². The zero-order valence-corrected chi connectivity index (χ0v) is 13.0. The molecule has 0 aliphatic heterocycles. The van der Waals surface area contributed by atoms with Crippen LogP contribution in [0.1, 0.15) is 77.0 Å². The van der Waals surface area contributed by atoms with E-state index in [2.05, 4.69) is 5.32 Å². The number of carbonyl (C=O) groups excluding carboxylic acids is 1. The molecule has 120 valence electrons. The maximum atomic E-state index is 12.1. The highest BCUT2D eigenvalue weighted by atomic mass is 16.4. The molecule has 2 rings (SSSR count). The Kier molecular flexibility index (Phi) is 6.07. The Morgan fingerprint density at radius 2 is 1.62 bits per heavy atom. The van der Waals surface area contributed by atoms with Crippen molar-refractivity contribution in [3.8, 4) is 0 Å². The van der Waals surface area contributed by atoms with Gasteiger partial charge < -0.3 is 10.4 Å². The molecule has 4 nitrogen and oxygen atoms in total. The maximum Gasteiger partial charge on any atom is 0.310 e. The fourth-order valence-electron chi connectivity index (χ4n) is 3.96. The normalized spacial score (nSPS) is 22.7. The third-order valence-corrected chi connectivity index (χ3v) is 5.36. The van der Waals surface area contributed by atoms with Gasteiger partial charge in [-0.15, -0.1) is 0 Å². The van der Waals surface area contributed by atoms with E-state index in [0.717, 1.165) is 31.6 Å². The SMILES string of the molecule is O=C(CC1(C(=O)O)CCCCC1)NCCC1CCCCC1. The van der Waals surface area contributed by atoms with Crippen molar-refractivity contribution in [3.05, 3.63) is 0 Å². The topological polar surface area (TPSA) is 66.4 Å². The van der Waals surface area contributed by atoms with Gasteiger partial charge in [0.05, 0.1) is 5.41 Å². The quantitative estimate of drug-likeness (QED) is 0.788. The highest BCUT2D eigenvalue weighted by Crippen LogP contribution is 2.39. The average Bonchev–Trinajstić information content (AvgIpc) is 2.49. The predicted molar refractivity (Wildman–Crippen MR) is 82.0 cm³/mol. The molecule has 0 radical (unpaired) electrons. The molecule has 0 bridgehead atoms. The second-order valence-electron chi connectivity index (χ2n) is 6.97. The van der Waals surface area contributed by atoms with Gasteiger partial charge in [0.1, 0.15) is 0 Å². The van der Waals surface area contributed by atoms with Crippen LogP contribution < -0.4 is 5.32 Å². The summed E-state index contributed by atoms with van der Waals surface area (Å²) in [4.78, 5) is 23.6. The summed E-state index contributed by atoms with van der Waals surface area (Å²) in [5.41, 5.74) is -0.798. The van der Waals surface area contributed by atoms with E-state index in [1.165, 1.54) is 32.1 Å². The molecule has 0 atom stereocenters. The van der Waals surface area contributed by atoms with Gasteiger partial charge in [0.15, 0.2) is 0 Å². The molecule has 0 saturated heterocycles. The van der Waals surface area contributed by atoms with Crippen LogP contribution in [0.4, 0.5) is 0 Å². The zero-order valence-electron chi connectivity index (χ0n) is 13.0. The molecule has 0 aromatic carbocycles. The Hall–Kier alpha value is -1.06. The van der Waals surface area contributed by atoms with Crippen LogP contribution in [0, 0.1) is 11.3 Å². The van der Waals surface area contributed by atoms with Gasteiger partial charge in [-0.05, 0) is 25.2 Å². The fourth-order valence-corrected chi connectivity index (χ4v) is 3.96. The molecule has 2 aliphatic carbocycles. The first-order chi connectivity index (χ1) is 10.1. The fraction of sp³-hybridized carbons (Fsp3) is 0.882. The van der Waals surface area contributed by atoms with E-state index in [1.54, 1.807) is 0 Å². The van der Waals surface area contributed by atoms with Crippen molar-refractivity contribution < 1.29 is 14.7 Å². The molecule has 0 aromatic heterocycles. The van der Waals surface area contributed by atoms with Crippen molar-refractivity contribution in [3.63, 3.8) is 0 Å². The lowest BCUT2D eigenvalue weighted by Gasteiger charge is -2.32. The lowest BCUT2D eigenvalue weighted by Crippen LogP contribution is -2.39. The van der Waals surface area contributed by atoms with Crippen LogP contribution in [0.15, 0.2) is 0 Å². The van der Waals surface area contributed by atoms with Gasteiger partial charge in [0, 0.05) is 13.0 Å². The number of carboxylic acid groups (broad SMARTS) is 1. The van der Waals surface area contributed by atoms with Crippen LogP contribution in [0.5, 0.6) is 0 Å². The number of hydrogen-bond donors (Lipinski definition) is 2. The Bertz CT molecular complexity index is 355. The molecular weight excluding hydrogens is 266 g/mol. The van der Waals surface area contributed by atoms with Gasteiger partial charge in [-0.1, -0.05) is 51.4 Å². The van der Waals surface area contributed by atoms with Gasteiger partial charge in [-0.3, -0.25) is 9.59 Å². The van der Waals surface area contributed by atoms with Gasteiger partial charge >= 0.3 is 5.97 Å². The zero-order chi connectivity index (χ0) is 15.1. The van der Waals surface area contributed by atoms with Gasteiger partial charge in [0.25, 0.3) is 0 Å². The Morgan fingerprint density at radius 1 is 1.00 bits per heavy atom. The predicted octanol–water partition coefficient (Wildman–Crippen LogP) is 3.50. The number of aliphatic carboxylic acids is 1. The molecule has 0 aromatic rings. The number of amides is 1. The van der Waals surface area contributed by atoms with E-state index in [1.807, 2.05) is 0 Å². The van der Waals surface area contributed by atoms with Crippen molar-refractivity contribution in [1.29, 1.82) is 0 Å². The first-order valence-corrected chi connectivity index (χ1v) is 8.62. The summed E-state index contributed by atoms with van der Waals surface area (Å²) in [5, 5.41) is 12.4. The minimum atomic E-state index is -0.798. The van der Waals surface area contributed by atoms with Crippen LogP contribution in [0.2, 0.25) is 0 Å². The van der Waals surface area contributed by atoms with Crippen molar-refractivity contribution in [2.24, 2.45) is 11.3 Å². The highest BCUT2D eigenvalue weighted by molar-refractivity contribution is 5.85. The van der Waals surface area contributed by atoms with E-state index in [9.17, 15) is 14.7 Å². The molecule has 0 spiro atoms. The molecular formula is C17H29NO3. The molecule has 2 aliphatic rings. The first-order valence-electron chi connectivity index (χ1n) is 8.62. The minimum Gasteiger partial charge on any atom is -0.481 e. The van der Waals surface area contributed by atoms with Crippen molar-refractivity contribution in [2.75, 3.05) is 6.54 Å². The summed E-state index contributed by atoms with van der Waals surface area (Å²) in [6.07, 6.45) is 12.0. The number of carbonyl (C=O) groups is 2. The molecule has 2 N–H and O–H groups in total. The van der Waals surface area contributed by atoms with Crippen molar-refractivity contribution >= 4 is 11.9 Å². The lowest BCUT2D eigenvalue weighted by atomic mass is 9.71. The molecule has 1 amide bonds. The van der Waals surface area contributed by atoms with Gasteiger partial charge in [0.2, 0.25) is 5.91 Å². The van der Waals surface area contributed by atoms with Crippen LogP contribution >= 0.6 is 0 Å². The maximum absolute atomic E-state index is 12.1. The second kappa shape index (κ2) is 7.81. The standard InChI is InChI=1S/C17H29NO3/c19-15(18-12-9-14-7-3-1-4-8-14)13-17(16(20)21)10-5-2-6-11-17/h14H,1-13H2,(H,18,19)(H,20,21). The molecule has 4 heteroatoms. The van der Waals surface area contributed by atoms with Crippen LogP contribution in [0.3, 0.4) is 0 Å². The summed E-state index contributed by atoms with van der Waals surface area (Å²) in [7, 11) is 0. The molecule has 21 heavy (non-hydrogen) atoms. The Labute approximate surface area is 127 Å². The summed E-state index contributed by atoms with van der Waals surface area (Å²) >= 11 is 0. The Balaban J connectivity index is 1.73. The third-order valence-electron chi connectivity index (χ3n) is 5.36. The second-order valence-corrected chi connectivity index (χ2v) is 6.97. The summed E-state index contributed by atoms with van der Waals surface area (Å²) in [6.45, 7) is 0.708. The molecule has 2 fully saturated rings. The van der Waals surface area contributed by atoms with E-state index < -0.39 is 11.4 Å². The van der Waals surface area contributed by atoms with Crippen LogP contribution in [-0.4, -0.2) is 23.5 Å². The van der Waals surface area contributed by atoms with E-state index in [4.69, 9.17) is 0 Å². The van der Waals surface area contributed by atoms with E-state index >= 15 is 0 Å². The summed E-state index contributed by atoms with van der Waals surface area (Å²) in [5.74, 6) is -0.109. The number of hydrogen-bond acceptors (Lipinski definition) is 2. The number of nitrogens with one attached hydrogen (secondary N) is 1. The van der Waals surface area contributed by atoms with E-state index in [-0.39, 0.29) is 12.3 Å². The van der Waals surface area contributed by atoms with Crippen molar-refractivity contribution in [2.45, 2.75) is 77.0 Å². The third kappa shape index (κ3) is 4.72. The first kappa shape index (κ1) is 16.3. The van der Waals surface area contributed by atoms with Crippen molar-refractivity contribution in [1.82, 2.24) is 5.32 Å². The lowest BCUT2D eigenvalue weighted by molar-refractivity contribution is -0.154. The summed E-state index contributed by atoms with van der Waals surface area (Å²) in [6, 6.07) is 0. The minimum absolute atomic E-state index is 0.0740. The monoisotopic (exact) mass is 295 g/mol. The van der Waals surface area contributed by atoms with Gasteiger partial charge in [-0.2, -0.15) is 0 Å². The summed E-state index contributed by atoms with van der Waals surface area (Å²) < 4.78 is 0. The molecule has 0 unspecified atom stereocenters. The number of rotatable bonds is 6. The smallest absolute Gasteiger partial charge is 0.310 e. The highest BCUT2D eigenvalue weighted by Gasteiger charge is 2.41. The van der Waals surface area contributed by atoms with Crippen LogP contribution in [-0.2, 0) is 9.59 Å². The number of carboxylic acids is 1. The van der Waals surface area contributed by atoms with E-state index in [0.29, 0.717) is 19.4 Å².